The number of benzene rings is 1. The van der Waals surface area contributed by atoms with E-state index in [-0.39, 0.29) is 30.7 Å². The molecule has 2 aromatic rings. The normalized spacial score (nSPS) is 16.9. The van der Waals surface area contributed by atoms with Gasteiger partial charge < -0.3 is 15.5 Å². The Morgan fingerprint density at radius 1 is 1.29 bits per heavy atom. The Kier molecular flexibility index (Phi) is 4.85. The summed E-state index contributed by atoms with van der Waals surface area (Å²) in [4.78, 5) is 41.6. The van der Waals surface area contributed by atoms with E-state index in [1.165, 1.54) is 11.3 Å². The molecule has 8 heteroatoms. The van der Waals surface area contributed by atoms with Gasteiger partial charge in [0, 0.05) is 30.2 Å². The molecule has 2 heterocycles. The number of hydrogen-bond acceptors (Lipinski definition) is 5. The lowest BCUT2D eigenvalue weighted by Crippen LogP contribution is -2.37. The molecule has 3 rings (SSSR count). The molecule has 2 N–H and O–H groups in total. The van der Waals surface area contributed by atoms with E-state index in [4.69, 9.17) is 0 Å². The van der Waals surface area contributed by atoms with Gasteiger partial charge in [0.05, 0.1) is 12.5 Å². The Morgan fingerprint density at radius 3 is 2.79 bits per heavy atom. The van der Waals surface area contributed by atoms with Gasteiger partial charge in [0.15, 0.2) is 5.13 Å². The molecule has 1 aromatic carbocycles. The lowest BCUT2D eigenvalue weighted by molar-refractivity contribution is -0.127. The maximum atomic E-state index is 12.2. The topological polar surface area (TPSA) is 91.4 Å². The van der Waals surface area contributed by atoms with E-state index < -0.39 is 5.92 Å². The van der Waals surface area contributed by atoms with Gasteiger partial charge in [-0.2, -0.15) is 0 Å². The minimum Gasteiger partial charge on any atom is -0.347 e. The van der Waals surface area contributed by atoms with Gasteiger partial charge in [0.2, 0.25) is 17.7 Å². The van der Waals surface area contributed by atoms with Crippen molar-refractivity contribution in [1.29, 1.82) is 0 Å². The number of thiazole rings is 1. The molecule has 0 saturated carbocycles. The van der Waals surface area contributed by atoms with Gasteiger partial charge in [-0.3, -0.25) is 14.4 Å². The first-order valence-corrected chi connectivity index (χ1v) is 8.34. The molecule has 0 aliphatic carbocycles. The molecule has 1 aliphatic rings. The quantitative estimate of drug-likeness (QED) is 0.854. The van der Waals surface area contributed by atoms with Crippen LogP contribution in [0.2, 0.25) is 0 Å². The molecule has 1 fully saturated rings. The third-order valence-electron chi connectivity index (χ3n) is 3.67. The molecule has 24 heavy (non-hydrogen) atoms. The summed E-state index contributed by atoms with van der Waals surface area (Å²) < 4.78 is 0. The Labute approximate surface area is 142 Å². The van der Waals surface area contributed by atoms with Gasteiger partial charge in [0.1, 0.15) is 0 Å². The van der Waals surface area contributed by atoms with Crippen molar-refractivity contribution < 1.29 is 14.4 Å². The molecule has 0 radical (unpaired) electrons. The van der Waals surface area contributed by atoms with E-state index in [1.807, 2.05) is 30.3 Å². The fraction of sp³-hybridized carbons (Fsp3) is 0.250. The molecule has 0 spiro atoms. The van der Waals surface area contributed by atoms with Crippen molar-refractivity contribution in [2.45, 2.75) is 6.42 Å². The highest BCUT2D eigenvalue weighted by Crippen LogP contribution is 2.24. The van der Waals surface area contributed by atoms with E-state index in [0.29, 0.717) is 11.7 Å². The van der Waals surface area contributed by atoms with Gasteiger partial charge in [-0.25, -0.2) is 4.98 Å². The number of nitrogens with one attached hydrogen (secondary N) is 2. The first-order valence-electron chi connectivity index (χ1n) is 7.46. The van der Waals surface area contributed by atoms with Crippen LogP contribution in [0.1, 0.15) is 6.42 Å². The predicted octanol–water partition coefficient (Wildman–Crippen LogP) is 1.25. The van der Waals surface area contributed by atoms with Crippen molar-refractivity contribution in [2.24, 2.45) is 5.92 Å². The SMILES string of the molecule is O=C(CNC(=O)[C@@H]1CC(=O)N(c2ccccc2)C1)Nc1nccs1. The van der Waals surface area contributed by atoms with Crippen molar-refractivity contribution in [1.82, 2.24) is 10.3 Å². The minimum absolute atomic E-state index is 0.0893. The number of carbonyl (C=O) groups excluding carboxylic acids is 3. The maximum Gasteiger partial charge on any atom is 0.245 e. The van der Waals surface area contributed by atoms with Crippen molar-refractivity contribution in [3.05, 3.63) is 41.9 Å². The summed E-state index contributed by atoms with van der Waals surface area (Å²) in [5.74, 6) is -1.18. The molecular formula is C16H16N4O3S. The molecule has 1 saturated heterocycles. The number of nitrogens with zero attached hydrogens (tertiary/aromatic N) is 2. The minimum atomic E-state index is -0.453. The fourth-order valence-electron chi connectivity index (χ4n) is 2.50. The van der Waals surface area contributed by atoms with Crippen LogP contribution in [0.15, 0.2) is 41.9 Å². The van der Waals surface area contributed by atoms with E-state index >= 15 is 0 Å². The zero-order valence-corrected chi connectivity index (χ0v) is 13.6. The van der Waals surface area contributed by atoms with Crippen LogP contribution in [0.4, 0.5) is 10.8 Å². The summed E-state index contributed by atoms with van der Waals surface area (Å²) in [6.07, 6.45) is 1.73. The van der Waals surface area contributed by atoms with Gasteiger partial charge >= 0.3 is 0 Å². The van der Waals surface area contributed by atoms with Gasteiger partial charge in [-0.1, -0.05) is 18.2 Å². The number of carbonyl (C=O) groups is 3. The zero-order valence-electron chi connectivity index (χ0n) is 12.8. The third kappa shape index (κ3) is 3.77. The largest absolute Gasteiger partial charge is 0.347 e. The second-order valence-electron chi connectivity index (χ2n) is 5.34. The van der Waals surface area contributed by atoms with Crippen molar-refractivity contribution in [3.8, 4) is 0 Å². The van der Waals surface area contributed by atoms with E-state index in [1.54, 1.807) is 16.5 Å². The van der Waals surface area contributed by atoms with Crippen molar-refractivity contribution in [2.75, 3.05) is 23.3 Å². The van der Waals surface area contributed by atoms with Gasteiger partial charge in [-0.15, -0.1) is 11.3 Å². The Morgan fingerprint density at radius 2 is 2.08 bits per heavy atom. The van der Waals surface area contributed by atoms with Gasteiger partial charge in [0.25, 0.3) is 0 Å². The molecule has 7 nitrogen and oxygen atoms in total. The highest BCUT2D eigenvalue weighted by molar-refractivity contribution is 7.13. The summed E-state index contributed by atoms with van der Waals surface area (Å²) in [6, 6.07) is 9.23. The lowest BCUT2D eigenvalue weighted by atomic mass is 10.1. The predicted molar refractivity (Wildman–Crippen MR) is 90.7 cm³/mol. The van der Waals surface area contributed by atoms with Crippen LogP contribution in [0.5, 0.6) is 0 Å². The van der Waals surface area contributed by atoms with Crippen LogP contribution in [0.3, 0.4) is 0 Å². The highest BCUT2D eigenvalue weighted by atomic mass is 32.1. The molecule has 1 aliphatic heterocycles. The average Bonchev–Trinajstić information content (AvgIpc) is 3.23. The van der Waals surface area contributed by atoms with Crippen LogP contribution in [-0.2, 0) is 14.4 Å². The van der Waals surface area contributed by atoms with Crippen LogP contribution >= 0.6 is 11.3 Å². The zero-order chi connectivity index (χ0) is 16.9. The molecule has 124 valence electrons. The maximum absolute atomic E-state index is 12.2. The van der Waals surface area contributed by atoms with Gasteiger partial charge in [-0.05, 0) is 12.1 Å². The summed E-state index contributed by atoms with van der Waals surface area (Å²) in [7, 11) is 0. The van der Waals surface area contributed by atoms with E-state index in [2.05, 4.69) is 15.6 Å². The Bertz CT molecular complexity index is 733. The van der Waals surface area contributed by atoms with Crippen molar-refractivity contribution in [3.63, 3.8) is 0 Å². The number of aromatic nitrogens is 1. The third-order valence-corrected chi connectivity index (χ3v) is 4.35. The number of amides is 3. The molecule has 0 bridgehead atoms. The number of rotatable bonds is 5. The average molecular weight is 344 g/mol. The van der Waals surface area contributed by atoms with E-state index in [9.17, 15) is 14.4 Å². The highest BCUT2D eigenvalue weighted by Gasteiger charge is 2.35. The monoisotopic (exact) mass is 344 g/mol. The van der Waals surface area contributed by atoms with E-state index in [0.717, 1.165) is 5.69 Å². The first-order chi connectivity index (χ1) is 11.6. The Hall–Kier alpha value is -2.74. The van der Waals surface area contributed by atoms with Crippen LogP contribution in [-0.4, -0.2) is 35.8 Å². The van der Waals surface area contributed by atoms with Crippen molar-refractivity contribution >= 4 is 39.9 Å². The van der Waals surface area contributed by atoms with Crippen LogP contribution < -0.4 is 15.5 Å². The molecule has 1 atom stereocenters. The van der Waals surface area contributed by atoms with Crippen LogP contribution in [0.25, 0.3) is 0 Å². The molecular weight excluding hydrogens is 328 g/mol. The number of para-hydroxylation sites is 1. The molecule has 0 unspecified atom stereocenters. The molecule has 1 aromatic heterocycles. The number of anilines is 2. The number of hydrogen-bond donors (Lipinski definition) is 2. The second kappa shape index (κ2) is 7.22. The fourth-order valence-corrected chi connectivity index (χ4v) is 3.05. The lowest BCUT2D eigenvalue weighted by Gasteiger charge is -2.16. The second-order valence-corrected chi connectivity index (χ2v) is 6.24. The summed E-state index contributed by atoms with van der Waals surface area (Å²) in [6.45, 7) is 0.178. The summed E-state index contributed by atoms with van der Waals surface area (Å²) in [5, 5.41) is 7.40. The Balaban J connectivity index is 1.51. The smallest absolute Gasteiger partial charge is 0.245 e. The first kappa shape index (κ1) is 16.1. The molecule has 3 amide bonds. The standard InChI is InChI=1S/C16H16N4O3S/c21-13(19-16-17-6-7-24-16)9-18-15(23)11-8-14(22)20(10-11)12-4-2-1-3-5-12/h1-7,11H,8-10H2,(H,18,23)(H,17,19,21)/t11-/m1/s1. The van der Waals surface area contributed by atoms with Crippen LogP contribution in [0, 0.1) is 5.92 Å². The summed E-state index contributed by atoms with van der Waals surface area (Å²) >= 11 is 1.30. The summed E-state index contributed by atoms with van der Waals surface area (Å²) in [5.41, 5.74) is 0.777.